The molecule has 1 saturated heterocycles. The van der Waals surface area contributed by atoms with Crippen LogP contribution in [0.2, 0.25) is 0 Å². The Morgan fingerprint density at radius 1 is 1.30 bits per heavy atom. The summed E-state index contributed by atoms with van der Waals surface area (Å²) in [7, 11) is -2.92. The first-order valence-electron chi connectivity index (χ1n) is 7.70. The van der Waals surface area contributed by atoms with Crippen molar-refractivity contribution in [1.29, 1.82) is 5.26 Å². The number of rotatable bonds is 5. The van der Waals surface area contributed by atoms with Crippen LogP contribution in [0.4, 0.5) is 5.82 Å². The molecule has 0 unspecified atom stereocenters. The number of likely N-dealkylation sites (tertiary alicyclic amines) is 1. The lowest BCUT2D eigenvalue weighted by molar-refractivity contribution is 0.230. The van der Waals surface area contributed by atoms with Crippen molar-refractivity contribution in [2.75, 3.05) is 37.0 Å². The topological polar surface area (TPSA) is 99.0 Å². The van der Waals surface area contributed by atoms with Gasteiger partial charge in [0.1, 0.15) is 21.5 Å². The van der Waals surface area contributed by atoms with Crippen molar-refractivity contribution < 1.29 is 8.42 Å². The number of hydrogen-bond donors (Lipinski definition) is 1. The van der Waals surface area contributed by atoms with Gasteiger partial charge in [-0.25, -0.2) is 8.42 Å². The van der Waals surface area contributed by atoms with E-state index in [2.05, 4.69) is 26.5 Å². The summed E-state index contributed by atoms with van der Waals surface area (Å²) >= 11 is 0. The van der Waals surface area contributed by atoms with Crippen LogP contribution < -0.4 is 5.32 Å². The number of anilines is 1. The number of piperidine rings is 1. The van der Waals surface area contributed by atoms with E-state index in [1.54, 1.807) is 0 Å². The van der Waals surface area contributed by atoms with Crippen LogP contribution in [0.1, 0.15) is 29.7 Å². The summed E-state index contributed by atoms with van der Waals surface area (Å²) in [5.41, 5.74) is 2.18. The van der Waals surface area contributed by atoms with Gasteiger partial charge in [0.2, 0.25) is 0 Å². The van der Waals surface area contributed by atoms with Crippen molar-refractivity contribution in [3.8, 4) is 6.07 Å². The van der Waals surface area contributed by atoms with Crippen molar-refractivity contribution >= 4 is 15.7 Å². The van der Waals surface area contributed by atoms with Gasteiger partial charge in [0, 0.05) is 31.9 Å². The van der Waals surface area contributed by atoms with Crippen LogP contribution in [0.15, 0.2) is 0 Å². The molecule has 1 aliphatic heterocycles. The van der Waals surface area contributed by atoms with E-state index >= 15 is 0 Å². The van der Waals surface area contributed by atoms with Gasteiger partial charge in [-0.15, -0.1) is 5.10 Å². The van der Waals surface area contributed by atoms with Crippen molar-refractivity contribution in [3.63, 3.8) is 0 Å². The van der Waals surface area contributed by atoms with Gasteiger partial charge in [-0.2, -0.15) is 10.4 Å². The Morgan fingerprint density at radius 3 is 2.52 bits per heavy atom. The summed E-state index contributed by atoms with van der Waals surface area (Å²) in [6.07, 6.45) is 3.05. The number of aromatic nitrogens is 2. The van der Waals surface area contributed by atoms with E-state index in [1.807, 2.05) is 13.8 Å². The third-order valence-corrected chi connectivity index (χ3v) is 5.20. The van der Waals surface area contributed by atoms with Crippen molar-refractivity contribution in [1.82, 2.24) is 15.1 Å². The van der Waals surface area contributed by atoms with Crippen LogP contribution in [0.5, 0.6) is 0 Å². The lowest BCUT2D eigenvalue weighted by Crippen LogP contribution is -2.41. The largest absolute Gasteiger partial charge is 0.365 e. The highest BCUT2D eigenvalue weighted by molar-refractivity contribution is 7.90. The van der Waals surface area contributed by atoms with Crippen LogP contribution in [0.3, 0.4) is 0 Å². The second kappa shape index (κ2) is 7.23. The van der Waals surface area contributed by atoms with Crippen molar-refractivity contribution in [2.45, 2.75) is 32.7 Å². The first-order valence-corrected chi connectivity index (χ1v) is 9.77. The number of aryl methyl sites for hydroxylation is 1. The van der Waals surface area contributed by atoms with E-state index in [1.165, 1.54) is 6.26 Å². The van der Waals surface area contributed by atoms with E-state index in [9.17, 15) is 13.7 Å². The molecular formula is C15H23N5O2S. The Hall–Kier alpha value is -1.72. The second-order valence-electron chi connectivity index (χ2n) is 6.14. The maximum Gasteiger partial charge on any atom is 0.167 e. The van der Waals surface area contributed by atoms with Gasteiger partial charge in [-0.05, 0) is 32.3 Å². The zero-order valence-corrected chi connectivity index (χ0v) is 14.7. The van der Waals surface area contributed by atoms with Gasteiger partial charge in [0.05, 0.1) is 11.4 Å². The highest BCUT2D eigenvalue weighted by Gasteiger charge is 2.22. The van der Waals surface area contributed by atoms with Crippen LogP contribution in [-0.4, -0.2) is 61.2 Å². The third kappa shape index (κ3) is 4.88. The minimum absolute atomic E-state index is 0.201. The predicted octanol–water partition coefficient (Wildman–Crippen LogP) is 0.886. The quantitative estimate of drug-likeness (QED) is 0.851. The molecule has 7 nitrogen and oxygen atoms in total. The Morgan fingerprint density at radius 2 is 1.96 bits per heavy atom. The fraction of sp³-hybridized carbons (Fsp3) is 0.667. The minimum atomic E-state index is -2.92. The molecule has 0 saturated carbocycles. The minimum Gasteiger partial charge on any atom is -0.365 e. The number of nitriles is 1. The molecule has 8 heteroatoms. The SMILES string of the molecule is Cc1nnc(NC2CCN(CCS(C)(=O)=O)CC2)c(C#N)c1C. The number of sulfone groups is 1. The standard InChI is InChI=1S/C15H23N5O2S/c1-11-12(2)18-19-15(14(11)10-16)17-13-4-6-20(7-5-13)8-9-23(3,21)22/h13H,4-9H2,1-3H3,(H,17,19). The molecule has 0 aliphatic carbocycles. The summed E-state index contributed by atoms with van der Waals surface area (Å²) in [4.78, 5) is 2.16. The Bertz CT molecular complexity index is 703. The summed E-state index contributed by atoms with van der Waals surface area (Å²) in [5, 5.41) is 20.8. The van der Waals surface area contributed by atoms with E-state index in [0.29, 0.717) is 17.9 Å². The van der Waals surface area contributed by atoms with Gasteiger partial charge in [0.15, 0.2) is 5.82 Å². The van der Waals surface area contributed by atoms with Gasteiger partial charge in [0.25, 0.3) is 0 Å². The van der Waals surface area contributed by atoms with Gasteiger partial charge < -0.3 is 10.2 Å². The van der Waals surface area contributed by atoms with Gasteiger partial charge in [-0.3, -0.25) is 0 Å². The molecule has 1 N–H and O–H groups in total. The van der Waals surface area contributed by atoms with Crippen LogP contribution >= 0.6 is 0 Å². The normalized spacial score (nSPS) is 17.0. The number of nitrogens with one attached hydrogen (secondary N) is 1. The number of hydrogen-bond acceptors (Lipinski definition) is 7. The summed E-state index contributed by atoms with van der Waals surface area (Å²) in [5.74, 6) is 0.747. The lowest BCUT2D eigenvalue weighted by Gasteiger charge is -2.32. The monoisotopic (exact) mass is 337 g/mol. The zero-order valence-electron chi connectivity index (χ0n) is 13.8. The third-order valence-electron chi connectivity index (χ3n) is 4.27. The van der Waals surface area contributed by atoms with E-state index in [4.69, 9.17) is 0 Å². The van der Waals surface area contributed by atoms with Crippen LogP contribution in [0, 0.1) is 25.2 Å². The van der Waals surface area contributed by atoms with E-state index < -0.39 is 9.84 Å². The van der Waals surface area contributed by atoms with E-state index in [0.717, 1.165) is 37.2 Å². The molecule has 1 aliphatic rings. The van der Waals surface area contributed by atoms with Crippen LogP contribution in [0.25, 0.3) is 0 Å². The first-order chi connectivity index (χ1) is 10.8. The Kier molecular flexibility index (Phi) is 5.55. The summed E-state index contributed by atoms with van der Waals surface area (Å²) < 4.78 is 22.4. The molecule has 1 aromatic heterocycles. The number of nitrogens with zero attached hydrogens (tertiary/aromatic N) is 4. The molecule has 0 radical (unpaired) electrons. The fourth-order valence-electron chi connectivity index (χ4n) is 2.64. The average molecular weight is 337 g/mol. The van der Waals surface area contributed by atoms with Gasteiger partial charge in [-0.1, -0.05) is 0 Å². The Labute approximate surface area is 137 Å². The molecule has 0 bridgehead atoms. The maximum atomic E-state index is 11.2. The second-order valence-corrected chi connectivity index (χ2v) is 8.40. The fourth-order valence-corrected chi connectivity index (χ4v) is 3.23. The summed E-state index contributed by atoms with van der Waals surface area (Å²) in [6.45, 7) is 5.98. The molecule has 0 aromatic carbocycles. The zero-order chi connectivity index (χ0) is 17.0. The predicted molar refractivity (Wildman–Crippen MR) is 89.0 cm³/mol. The molecule has 126 valence electrons. The molecule has 2 rings (SSSR count). The molecule has 1 aromatic rings. The summed E-state index contributed by atoms with van der Waals surface area (Å²) in [6, 6.07) is 2.43. The lowest BCUT2D eigenvalue weighted by atomic mass is 10.0. The highest BCUT2D eigenvalue weighted by Crippen LogP contribution is 2.21. The van der Waals surface area contributed by atoms with Crippen molar-refractivity contribution in [2.24, 2.45) is 0 Å². The molecule has 0 atom stereocenters. The maximum absolute atomic E-state index is 11.2. The van der Waals surface area contributed by atoms with Crippen LogP contribution in [-0.2, 0) is 9.84 Å². The van der Waals surface area contributed by atoms with Crippen molar-refractivity contribution in [3.05, 3.63) is 16.8 Å². The first kappa shape index (κ1) is 17.6. The average Bonchev–Trinajstić information content (AvgIpc) is 2.50. The molecule has 1 fully saturated rings. The molecule has 2 heterocycles. The smallest absolute Gasteiger partial charge is 0.167 e. The molecule has 23 heavy (non-hydrogen) atoms. The highest BCUT2D eigenvalue weighted by atomic mass is 32.2. The molecule has 0 amide bonds. The molecular weight excluding hydrogens is 314 g/mol. The molecule has 0 spiro atoms. The van der Waals surface area contributed by atoms with Gasteiger partial charge >= 0.3 is 0 Å². The van der Waals surface area contributed by atoms with E-state index in [-0.39, 0.29) is 11.8 Å². The Balaban J connectivity index is 1.93.